The van der Waals surface area contributed by atoms with Gasteiger partial charge in [-0.1, -0.05) is 19.8 Å². The third-order valence-corrected chi connectivity index (χ3v) is 4.97. The van der Waals surface area contributed by atoms with Gasteiger partial charge in [-0.25, -0.2) is 4.79 Å². The number of carboxylic acid groups (broad SMARTS) is 1. The van der Waals surface area contributed by atoms with Gasteiger partial charge in [0.1, 0.15) is 4.88 Å². The van der Waals surface area contributed by atoms with Gasteiger partial charge in [0.25, 0.3) is 0 Å². The molecule has 1 aliphatic rings. The van der Waals surface area contributed by atoms with Crippen molar-refractivity contribution in [3.05, 3.63) is 21.9 Å². The van der Waals surface area contributed by atoms with E-state index in [-0.39, 0.29) is 0 Å². The number of carboxylic acids is 1. The van der Waals surface area contributed by atoms with Crippen LogP contribution in [-0.4, -0.2) is 29.1 Å². The Morgan fingerprint density at radius 1 is 1.44 bits per heavy atom. The summed E-state index contributed by atoms with van der Waals surface area (Å²) >= 11 is 1.39. The molecule has 18 heavy (non-hydrogen) atoms. The van der Waals surface area contributed by atoms with Crippen LogP contribution in [0.2, 0.25) is 0 Å². The van der Waals surface area contributed by atoms with Crippen LogP contribution < -0.4 is 0 Å². The van der Waals surface area contributed by atoms with Crippen molar-refractivity contribution in [1.82, 2.24) is 4.90 Å². The van der Waals surface area contributed by atoms with Gasteiger partial charge in [0, 0.05) is 17.5 Å². The van der Waals surface area contributed by atoms with Crippen molar-refractivity contribution in [1.29, 1.82) is 0 Å². The summed E-state index contributed by atoms with van der Waals surface area (Å²) in [5, 5.41) is 8.92. The number of nitrogens with zero attached hydrogens (tertiary/aromatic N) is 1. The molecule has 1 aromatic heterocycles. The van der Waals surface area contributed by atoms with Gasteiger partial charge in [-0.15, -0.1) is 11.3 Å². The molecule has 1 heterocycles. The van der Waals surface area contributed by atoms with Crippen molar-refractivity contribution in [3.63, 3.8) is 0 Å². The highest BCUT2D eigenvalue weighted by atomic mass is 32.1. The number of hydrogen-bond donors (Lipinski definition) is 1. The van der Waals surface area contributed by atoms with E-state index in [9.17, 15) is 4.79 Å². The molecule has 1 aromatic rings. The zero-order valence-corrected chi connectivity index (χ0v) is 11.9. The molecule has 0 radical (unpaired) electrons. The van der Waals surface area contributed by atoms with Crippen LogP contribution in [0.15, 0.2) is 12.1 Å². The third kappa shape index (κ3) is 3.12. The highest BCUT2D eigenvalue weighted by molar-refractivity contribution is 7.13. The van der Waals surface area contributed by atoms with Gasteiger partial charge >= 0.3 is 5.97 Å². The Bertz CT molecular complexity index is 416. The van der Waals surface area contributed by atoms with Crippen molar-refractivity contribution in [2.45, 2.75) is 45.2 Å². The number of thiophene rings is 1. The van der Waals surface area contributed by atoms with Gasteiger partial charge in [0.2, 0.25) is 0 Å². The normalized spacial score (nSPS) is 24.4. The average molecular weight is 267 g/mol. The van der Waals surface area contributed by atoms with Crippen LogP contribution in [0, 0.1) is 5.92 Å². The molecule has 3 nitrogen and oxygen atoms in total. The SMILES string of the molecule is CC1CCCCC1N(C)Cc1ccc(C(=O)O)s1. The predicted molar refractivity (Wildman–Crippen MR) is 74.2 cm³/mol. The standard InChI is InChI=1S/C14H21NO2S/c1-10-5-3-4-6-12(10)15(2)9-11-7-8-13(18-11)14(16)17/h7-8,10,12H,3-6,9H2,1-2H3,(H,16,17). The van der Waals surface area contributed by atoms with Gasteiger partial charge in [-0.3, -0.25) is 4.90 Å². The first-order valence-corrected chi connectivity index (χ1v) is 7.42. The highest BCUT2D eigenvalue weighted by Gasteiger charge is 2.25. The molecule has 1 N–H and O–H groups in total. The molecule has 1 saturated carbocycles. The lowest BCUT2D eigenvalue weighted by Crippen LogP contribution is -2.38. The van der Waals surface area contributed by atoms with Crippen LogP contribution in [0.5, 0.6) is 0 Å². The average Bonchev–Trinajstić information content (AvgIpc) is 2.78. The summed E-state index contributed by atoms with van der Waals surface area (Å²) in [6.07, 6.45) is 5.27. The van der Waals surface area contributed by atoms with Gasteiger partial charge in [-0.2, -0.15) is 0 Å². The lowest BCUT2D eigenvalue weighted by Gasteiger charge is -2.36. The molecule has 0 amide bonds. The molecule has 100 valence electrons. The maximum atomic E-state index is 10.9. The second kappa shape index (κ2) is 5.85. The van der Waals surface area contributed by atoms with E-state index >= 15 is 0 Å². The summed E-state index contributed by atoms with van der Waals surface area (Å²) in [4.78, 5) is 14.8. The van der Waals surface area contributed by atoms with Gasteiger partial charge < -0.3 is 5.11 Å². The second-order valence-electron chi connectivity index (χ2n) is 5.32. The quantitative estimate of drug-likeness (QED) is 0.908. The fourth-order valence-corrected chi connectivity index (χ4v) is 3.80. The molecular weight excluding hydrogens is 246 g/mol. The van der Waals surface area contributed by atoms with Crippen molar-refractivity contribution >= 4 is 17.3 Å². The molecule has 0 bridgehead atoms. The number of aromatic carboxylic acids is 1. The number of carbonyl (C=O) groups is 1. The van der Waals surface area contributed by atoms with Crippen LogP contribution in [0.1, 0.15) is 47.2 Å². The van der Waals surface area contributed by atoms with E-state index in [1.807, 2.05) is 6.07 Å². The lowest BCUT2D eigenvalue weighted by atomic mass is 9.85. The Balaban J connectivity index is 1.97. The third-order valence-electron chi connectivity index (χ3n) is 3.91. The minimum atomic E-state index is -0.820. The Kier molecular flexibility index (Phi) is 4.40. The monoisotopic (exact) mass is 267 g/mol. The van der Waals surface area contributed by atoms with Crippen molar-refractivity contribution in [3.8, 4) is 0 Å². The zero-order valence-electron chi connectivity index (χ0n) is 11.1. The summed E-state index contributed by atoms with van der Waals surface area (Å²) in [6, 6.07) is 4.30. The maximum absolute atomic E-state index is 10.9. The zero-order chi connectivity index (χ0) is 13.1. The first-order chi connectivity index (χ1) is 8.58. The molecule has 4 heteroatoms. The van der Waals surface area contributed by atoms with Gasteiger partial charge in [0.05, 0.1) is 0 Å². The van der Waals surface area contributed by atoms with Crippen LogP contribution in [0.25, 0.3) is 0 Å². The molecule has 1 aliphatic carbocycles. The Labute approximate surface area is 112 Å². The summed E-state index contributed by atoms with van der Waals surface area (Å²) < 4.78 is 0. The molecule has 1 fully saturated rings. The molecule has 0 saturated heterocycles. The molecule has 2 rings (SSSR count). The summed E-state index contributed by atoms with van der Waals surface area (Å²) in [7, 11) is 2.16. The van der Waals surface area contributed by atoms with E-state index < -0.39 is 5.97 Å². The predicted octanol–water partition coefficient (Wildman–Crippen LogP) is 3.46. The summed E-state index contributed by atoms with van der Waals surface area (Å²) in [5.74, 6) is -0.0670. The number of rotatable bonds is 4. The topological polar surface area (TPSA) is 40.5 Å². The molecular formula is C14H21NO2S. The number of hydrogen-bond acceptors (Lipinski definition) is 3. The smallest absolute Gasteiger partial charge is 0.345 e. The lowest BCUT2D eigenvalue weighted by molar-refractivity contribution is 0.0702. The Morgan fingerprint density at radius 3 is 2.78 bits per heavy atom. The maximum Gasteiger partial charge on any atom is 0.345 e. The highest BCUT2D eigenvalue weighted by Crippen LogP contribution is 2.29. The molecule has 0 aromatic carbocycles. The fraction of sp³-hybridized carbons (Fsp3) is 0.643. The first kappa shape index (κ1) is 13.6. The molecule has 0 aliphatic heterocycles. The van der Waals surface area contributed by atoms with Gasteiger partial charge in [-0.05, 0) is 37.9 Å². The van der Waals surface area contributed by atoms with E-state index in [1.54, 1.807) is 6.07 Å². The first-order valence-electron chi connectivity index (χ1n) is 6.60. The van der Waals surface area contributed by atoms with Gasteiger partial charge in [0.15, 0.2) is 0 Å². The Morgan fingerprint density at radius 2 is 2.17 bits per heavy atom. The van der Waals surface area contributed by atoms with Crippen LogP contribution in [0.3, 0.4) is 0 Å². The second-order valence-corrected chi connectivity index (χ2v) is 6.48. The fourth-order valence-electron chi connectivity index (χ4n) is 2.89. The molecule has 2 atom stereocenters. The van der Waals surface area contributed by atoms with Crippen LogP contribution >= 0.6 is 11.3 Å². The van der Waals surface area contributed by atoms with E-state index in [0.29, 0.717) is 10.9 Å². The van der Waals surface area contributed by atoms with E-state index in [2.05, 4.69) is 18.9 Å². The van der Waals surface area contributed by atoms with E-state index in [1.165, 1.54) is 37.0 Å². The largest absolute Gasteiger partial charge is 0.477 e. The van der Waals surface area contributed by atoms with E-state index in [4.69, 9.17) is 5.11 Å². The van der Waals surface area contributed by atoms with Crippen molar-refractivity contribution in [2.24, 2.45) is 5.92 Å². The van der Waals surface area contributed by atoms with Crippen LogP contribution in [-0.2, 0) is 6.54 Å². The van der Waals surface area contributed by atoms with Crippen LogP contribution in [0.4, 0.5) is 0 Å². The Hall–Kier alpha value is -0.870. The van der Waals surface area contributed by atoms with E-state index in [0.717, 1.165) is 17.3 Å². The van der Waals surface area contributed by atoms with Crippen molar-refractivity contribution in [2.75, 3.05) is 7.05 Å². The molecule has 2 unspecified atom stereocenters. The van der Waals surface area contributed by atoms with Crippen molar-refractivity contribution < 1.29 is 9.90 Å². The summed E-state index contributed by atoms with van der Waals surface area (Å²) in [5.41, 5.74) is 0. The minimum absolute atomic E-state index is 0.440. The minimum Gasteiger partial charge on any atom is -0.477 e. The summed E-state index contributed by atoms with van der Waals surface area (Å²) in [6.45, 7) is 3.20. The molecule has 0 spiro atoms.